The van der Waals surface area contributed by atoms with Crippen LogP contribution in [0.2, 0.25) is 5.02 Å². The Bertz CT molecular complexity index is 1120. The second-order valence-electron chi connectivity index (χ2n) is 6.54. The fourth-order valence-corrected chi connectivity index (χ4v) is 2.87. The molecule has 6 heteroatoms. The summed E-state index contributed by atoms with van der Waals surface area (Å²) in [5.41, 5.74) is 2.28. The van der Waals surface area contributed by atoms with Gasteiger partial charge >= 0.3 is 0 Å². The minimum Gasteiger partial charge on any atom is -0.507 e. The molecule has 156 valence electrons. The zero-order chi connectivity index (χ0) is 22.2. The molecular formula is C25H20ClNO4. The number of ketones is 2. The maximum atomic E-state index is 12.6. The van der Waals surface area contributed by atoms with Gasteiger partial charge < -0.3 is 15.2 Å². The Morgan fingerprint density at radius 3 is 2.06 bits per heavy atom. The summed E-state index contributed by atoms with van der Waals surface area (Å²) in [6.45, 7) is 0. The quantitative estimate of drug-likeness (QED) is 0.277. The van der Waals surface area contributed by atoms with Gasteiger partial charge in [-0.2, -0.15) is 0 Å². The number of methoxy groups -OCH3 is 1. The van der Waals surface area contributed by atoms with Gasteiger partial charge in [-0.25, -0.2) is 0 Å². The average molecular weight is 434 g/mol. The lowest BCUT2D eigenvalue weighted by molar-refractivity contribution is -0.130. The Labute approximate surface area is 185 Å². The van der Waals surface area contributed by atoms with E-state index in [1.165, 1.54) is 6.08 Å². The number of hydrogen-bond acceptors (Lipinski definition) is 5. The van der Waals surface area contributed by atoms with E-state index in [1.54, 1.807) is 55.6 Å². The number of carbonyl (C=O) groups is 2. The predicted molar refractivity (Wildman–Crippen MR) is 123 cm³/mol. The zero-order valence-corrected chi connectivity index (χ0v) is 17.5. The first kappa shape index (κ1) is 21.9. The molecule has 0 atom stereocenters. The van der Waals surface area contributed by atoms with Crippen LogP contribution in [0.1, 0.15) is 11.1 Å². The summed E-state index contributed by atoms with van der Waals surface area (Å²) in [6.07, 6.45) is 2.12. The van der Waals surface area contributed by atoms with Crippen LogP contribution in [0, 0.1) is 0 Å². The first-order valence-corrected chi connectivity index (χ1v) is 9.77. The summed E-state index contributed by atoms with van der Waals surface area (Å²) in [5, 5.41) is 13.8. The average Bonchev–Trinajstić information content (AvgIpc) is 2.80. The van der Waals surface area contributed by atoms with Crippen LogP contribution in [0.4, 0.5) is 5.69 Å². The van der Waals surface area contributed by atoms with Crippen molar-refractivity contribution in [1.82, 2.24) is 0 Å². The second-order valence-corrected chi connectivity index (χ2v) is 6.98. The normalized spacial score (nSPS) is 11.7. The largest absolute Gasteiger partial charge is 0.507 e. The highest BCUT2D eigenvalue weighted by atomic mass is 35.5. The highest BCUT2D eigenvalue weighted by Gasteiger charge is 2.13. The van der Waals surface area contributed by atoms with Gasteiger partial charge in [-0.1, -0.05) is 41.9 Å². The molecule has 0 heterocycles. The highest BCUT2D eigenvalue weighted by molar-refractivity contribution is 6.47. The summed E-state index contributed by atoms with van der Waals surface area (Å²) in [6, 6.07) is 22.6. The SMILES string of the molecule is COc1ccc(NC(=CC(=O)C(=O)C=C(O)c2ccc(Cl)cc2)c2ccccc2)cc1. The van der Waals surface area contributed by atoms with Gasteiger partial charge in [0.25, 0.3) is 0 Å². The molecule has 3 aromatic carbocycles. The van der Waals surface area contributed by atoms with E-state index in [0.717, 1.165) is 17.3 Å². The predicted octanol–water partition coefficient (Wildman–Crippen LogP) is 5.54. The van der Waals surface area contributed by atoms with Crippen molar-refractivity contribution in [3.63, 3.8) is 0 Å². The Kier molecular flexibility index (Phi) is 7.25. The fourth-order valence-electron chi connectivity index (χ4n) is 2.74. The minimum atomic E-state index is -0.850. The molecule has 0 aliphatic rings. The number of nitrogens with one attached hydrogen (secondary N) is 1. The first-order chi connectivity index (χ1) is 15.0. The van der Waals surface area contributed by atoms with Gasteiger partial charge in [-0.15, -0.1) is 0 Å². The Balaban J connectivity index is 1.85. The number of rotatable bonds is 8. The van der Waals surface area contributed by atoms with Gasteiger partial charge in [0.2, 0.25) is 11.6 Å². The number of ether oxygens (including phenoxy) is 1. The molecule has 0 aliphatic heterocycles. The maximum Gasteiger partial charge on any atom is 0.229 e. The van der Waals surface area contributed by atoms with Crippen LogP contribution in [0.5, 0.6) is 5.75 Å². The third kappa shape index (κ3) is 6.07. The van der Waals surface area contributed by atoms with E-state index in [4.69, 9.17) is 16.3 Å². The number of benzene rings is 3. The van der Waals surface area contributed by atoms with E-state index in [-0.39, 0.29) is 5.76 Å². The summed E-state index contributed by atoms with van der Waals surface area (Å²) < 4.78 is 5.16. The summed E-state index contributed by atoms with van der Waals surface area (Å²) in [7, 11) is 1.58. The maximum absolute atomic E-state index is 12.6. The molecule has 0 radical (unpaired) electrons. The van der Waals surface area contributed by atoms with Crippen LogP contribution in [-0.2, 0) is 9.59 Å². The molecule has 2 N–H and O–H groups in total. The third-order valence-electron chi connectivity index (χ3n) is 4.38. The molecule has 5 nitrogen and oxygen atoms in total. The molecule has 0 unspecified atom stereocenters. The van der Waals surface area contributed by atoms with Gasteiger partial charge in [0.15, 0.2) is 0 Å². The van der Waals surface area contributed by atoms with Crippen LogP contribution in [0.25, 0.3) is 11.5 Å². The summed E-state index contributed by atoms with van der Waals surface area (Å²) >= 11 is 5.83. The van der Waals surface area contributed by atoms with E-state index in [9.17, 15) is 14.7 Å². The van der Waals surface area contributed by atoms with Crippen molar-refractivity contribution in [3.8, 4) is 5.75 Å². The van der Waals surface area contributed by atoms with Gasteiger partial charge in [0.1, 0.15) is 11.5 Å². The first-order valence-electron chi connectivity index (χ1n) is 9.39. The molecule has 0 spiro atoms. The molecule has 0 fully saturated rings. The Hall–Kier alpha value is -3.83. The lowest BCUT2D eigenvalue weighted by Gasteiger charge is -2.12. The van der Waals surface area contributed by atoms with Crippen molar-refractivity contribution in [2.75, 3.05) is 12.4 Å². The highest BCUT2D eigenvalue weighted by Crippen LogP contribution is 2.22. The smallest absolute Gasteiger partial charge is 0.229 e. The number of allylic oxidation sites excluding steroid dienone is 2. The molecular weight excluding hydrogens is 414 g/mol. The summed E-state index contributed by atoms with van der Waals surface area (Å²) in [4.78, 5) is 25.0. The van der Waals surface area contributed by atoms with E-state index >= 15 is 0 Å². The van der Waals surface area contributed by atoms with Gasteiger partial charge in [-0.05, 0) is 54.1 Å². The van der Waals surface area contributed by atoms with Gasteiger partial charge in [-0.3, -0.25) is 9.59 Å². The topological polar surface area (TPSA) is 75.6 Å². The number of halogens is 1. The van der Waals surface area contributed by atoms with Crippen molar-refractivity contribution in [3.05, 3.63) is 107 Å². The second kappa shape index (κ2) is 10.3. The van der Waals surface area contributed by atoms with Crippen LogP contribution in [0.3, 0.4) is 0 Å². The molecule has 3 aromatic rings. The molecule has 0 saturated heterocycles. The molecule has 0 aliphatic carbocycles. The lowest BCUT2D eigenvalue weighted by atomic mass is 10.1. The number of hydrogen-bond donors (Lipinski definition) is 2. The fraction of sp³-hybridized carbons (Fsp3) is 0.0400. The standard InChI is InChI=1S/C25H20ClNO4/c1-31-21-13-11-20(12-14-21)27-22(17-5-3-2-4-6-17)15-24(29)25(30)16-23(28)18-7-9-19(26)10-8-18/h2-16,27-28H,1H3. The van der Waals surface area contributed by atoms with E-state index < -0.39 is 11.6 Å². The number of aliphatic hydroxyl groups excluding tert-OH is 1. The van der Waals surface area contributed by atoms with Crippen molar-refractivity contribution in [2.45, 2.75) is 0 Å². The van der Waals surface area contributed by atoms with Crippen LogP contribution >= 0.6 is 11.6 Å². The number of anilines is 1. The zero-order valence-electron chi connectivity index (χ0n) is 16.7. The van der Waals surface area contributed by atoms with E-state index in [0.29, 0.717) is 22.0 Å². The van der Waals surface area contributed by atoms with Gasteiger partial charge in [0.05, 0.1) is 7.11 Å². The minimum absolute atomic E-state index is 0.312. The number of aliphatic hydroxyl groups is 1. The molecule has 31 heavy (non-hydrogen) atoms. The van der Waals surface area contributed by atoms with Crippen LogP contribution in [0.15, 0.2) is 91.0 Å². The molecule has 0 amide bonds. The molecule has 0 aromatic heterocycles. The van der Waals surface area contributed by atoms with Crippen molar-refractivity contribution in [2.24, 2.45) is 0 Å². The number of carbonyl (C=O) groups excluding carboxylic acids is 2. The van der Waals surface area contributed by atoms with E-state index in [2.05, 4.69) is 5.32 Å². The van der Waals surface area contributed by atoms with E-state index in [1.807, 2.05) is 30.3 Å². The molecule has 0 bridgehead atoms. The van der Waals surface area contributed by atoms with Crippen molar-refractivity contribution >= 4 is 40.3 Å². The van der Waals surface area contributed by atoms with Crippen LogP contribution < -0.4 is 10.1 Å². The molecule has 0 saturated carbocycles. The monoisotopic (exact) mass is 433 g/mol. The lowest BCUT2D eigenvalue weighted by Crippen LogP contribution is -2.11. The molecule has 3 rings (SSSR count). The van der Waals surface area contributed by atoms with Crippen molar-refractivity contribution in [1.29, 1.82) is 0 Å². The van der Waals surface area contributed by atoms with Crippen molar-refractivity contribution < 1.29 is 19.4 Å². The third-order valence-corrected chi connectivity index (χ3v) is 4.63. The Morgan fingerprint density at radius 1 is 0.839 bits per heavy atom. The van der Waals surface area contributed by atoms with Crippen LogP contribution in [-0.4, -0.2) is 23.8 Å². The van der Waals surface area contributed by atoms with Gasteiger partial charge in [0, 0.05) is 34.1 Å². The Morgan fingerprint density at radius 2 is 1.45 bits per heavy atom. The summed E-state index contributed by atoms with van der Waals surface area (Å²) in [5.74, 6) is -1.24.